The highest BCUT2D eigenvalue weighted by Crippen LogP contribution is 2.07. The zero-order valence-electron chi connectivity index (χ0n) is 13.8. The molecule has 5 nitrogen and oxygen atoms in total. The number of aliphatic hydroxyl groups excluding tert-OH is 1. The highest BCUT2D eigenvalue weighted by molar-refractivity contribution is 7.80. The quantitative estimate of drug-likeness (QED) is 0.155. The smallest absolute Gasteiger partial charge is 0.166 e. The van der Waals surface area contributed by atoms with Crippen LogP contribution in [0.4, 0.5) is 0 Å². The second-order valence-corrected chi connectivity index (χ2v) is 6.48. The number of nitrogens with zero attached hydrogens (tertiary/aromatic N) is 1. The van der Waals surface area contributed by atoms with Crippen molar-refractivity contribution in [1.82, 2.24) is 10.6 Å². The summed E-state index contributed by atoms with van der Waals surface area (Å²) in [6.07, 6.45) is 5.39. The van der Waals surface area contributed by atoms with Crippen LogP contribution in [-0.2, 0) is 4.74 Å². The van der Waals surface area contributed by atoms with E-state index in [9.17, 15) is 0 Å². The zero-order chi connectivity index (χ0) is 15.4. The molecule has 1 heterocycles. The van der Waals surface area contributed by atoms with Crippen LogP contribution in [0.1, 0.15) is 32.1 Å². The fraction of sp³-hybridized carbons (Fsp3) is 0.933. The first-order valence-corrected chi connectivity index (χ1v) is 8.61. The monoisotopic (exact) mass is 445 g/mol. The number of ether oxygens (including phenoxy) is 1. The van der Waals surface area contributed by atoms with Crippen molar-refractivity contribution in [3.05, 3.63) is 0 Å². The Morgan fingerprint density at radius 1 is 1.05 bits per heavy atom. The van der Waals surface area contributed by atoms with Crippen LogP contribution < -0.4 is 34.6 Å². The van der Waals surface area contributed by atoms with E-state index < -0.39 is 0 Å². The lowest BCUT2D eigenvalue weighted by Crippen LogP contribution is -3.00. The summed E-state index contributed by atoms with van der Waals surface area (Å²) in [4.78, 5) is 0. The lowest BCUT2D eigenvalue weighted by molar-refractivity contribution is -0.916. The molecule has 1 aliphatic rings. The molecule has 22 heavy (non-hydrogen) atoms. The maximum Gasteiger partial charge on any atom is 0.166 e. The van der Waals surface area contributed by atoms with E-state index in [0.717, 1.165) is 81.1 Å². The molecule has 1 rings (SSSR count). The van der Waals surface area contributed by atoms with Crippen molar-refractivity contribution in [1.29, 1.82) is 0 Å². The van der Waals surface area contributed by atoms with E-state index in [2.05, 4.69) is 17.7 Å². The van der Waals surface area contributed by atoms with Gasteiger partial charge in [-0.2, -0.15) is 0 Å². The van der Waals surface area contributed by atoms with Crippen molar-refractivity contribution in [2.24, 2.45) is 0 Å². The number of unbranched alkanes of at least 4 members (excludes halogenated alkanes) is 3. The SMILES string of the molecule is C[N+]1(CCCNC(=S)NCCCCCCO)CCOCC1.[I-]. The minimum Gasteiger partial charge on any atom is -1.00 e. The van der Waals surface area contributed by atoms with Gasteiger partial charge in [0.25, 0.3) is 0 Å². The minimum absolute atomic E-state index is 0. The van der Waals surface area contributed by atoms with Gasteiger partial charge in [0.05, 0.1) is 26.8 Å². The van der Waals surface area contributed by atoms with E-state index in [-0.39, 0.29) is 24.0 Å². The molecule has 1 fully saturated rings. The molecule has 0 saturated carbocycles. The third-order valence-electron chi connectivity index (χ3n) is 4.08. The predicted molar refractivity (Wildman–Crippen MR) is 90.4 cm³/mol. The lowest BCUT2D eigenvalue weighted by atomic mass is 10.2. The number of rotatable bonds is 10. The van der Waals surface area contributed by atoms with E-state index in [0.29, 0.717) is 6.61 Å². The average molecular weight is 445 g/mol. The fourth-order valence-corrected chi connectivity index (χ4v) is 2.73. The Balaban J connectivity index is 0.00000441. The molecule has 7 heteroatoms. The van der Waals surface area contributed by atoms with E-state index >= 15 is 0 Å². The third kappa shape index (κ3) is 10.9. The van der Waals surface area contributed by atoms with Gasteiger partial charge in [-0.3, -0.25) is 0 Å². The highest BCUT2D eigenvalue weighted by atomic mass is 127. The van der Waals surface area contributed by atoms with Gasteiger partial charge in [-0.1, -0.05) is 12.8 Å². The second kappa shape index (κ2) is 13.7. The summed E-state index contributed by atoms with van der Waals surface area (Å²) >= 11 is 5.27. The van der Waals surface area contributed by atoms with Gasteiger partial charge in [0.2, 0.25) is 0 Å². The molecule has 0 unspecified atom stereocenters. The number of hydrogen-bond acceptors (Lipinski definition) is 3. The molecule has 1 aliphatic heterocycles. The van der Waals surface area contributed by atoms with Gasteiger partial charge in [-0.15, -0.1) is 0 Å². The number of likely N-dealkylation sites (N-methyl/N-ethyl adjacent to an activating group) is 1. The normalized spacial score (nSPS) is 16.6. The van der Waals surface area contributed by atoms with Gasteiger partial charge in [-0.05, 0) is 25.1 Å². The molecule has 0 aromatic heterocycles. The molecule has 0 atom stereocenters. The Labute approximate surface area is 157 Å². The number of hydrogen-bond donors (Lipinski definition) is 3. The Bertz CT molecular complexity index is 290. The molecular formula is C15H32IN3O2S. The Kier molecular flexibility index (Phi) is 13.9. The van der Waals surface area contributed by atoms with Crippen molar-refractivity contribution in [3.8, 4) is 0 Å². The topological polar surface area (TPSA) is 53.5 Å². The molecule has 0 aromatic rings. The van der Waals surface area contributed by atoms with Gasteiger partial charge >= 0.3 is 0 Å². The van der Waals surface area contributed by atoms with Crippen LogP contribution in [0.5, 0.6) is 0 Å². The average Bonchev–Trinajstić information content (AvgIpc) is 2.48. The third-order valence-corrected chi connectivity index (χ3v) is 4.37. The molecule has 0 aliphatic carbocycles. The number of thiocarbonyl (C=S) groups is 1. The van der Waals surface area contributed by atoms with Gasteiger partial charge < -0.3 is 48.9 Å². The molecule has 0 bridgehead atoms. The first-order valence-electron chi connectivity index (χ1n) is 8.20. The summed E-state index contributed by atoms with van der Waals surface area (Å²) in [5.41, 5.74) is 0. The molecule has 0 spiro atoms. The van der Waals surface area contributed by atoms with Crippen LogP contribution in [-0.4, -0.2) is 74.3 Å². The van der Waals surface area contributed by atoms with Gasteiger partial charge in [0.1, 0.15) is 13.1 Å². The van der Waals surface area contributed by atoms with E-state index in [1.807, 2.05) is 0 Å². The molecular weight excluding hydrogens is 413 g/mol. The minimum atomic E-state index is 0. The Hall–Kier alpha value is 0.300. The lowest BCUT2D eigenvalue weighted by Gasteiger charge is -2.37. The second-order valence-electron chi connectivity index (χ2n) is 6.08. The molecule has 1 saturated heterocycles. The number of nitrogens with one attached hydrogen (secondary N) is 2. The van der Waals surface area contributed by atoms with Crippen LogP contribution in [0, 0.1) is 0 Å². The molecule has 132 valence electrons. The summed E-state index contributed by atoms with van der Waals surface area (Å²) in [5.74, 6) is 0. The molecule has 0 aromatic carbocycles. The summed E-state index contributed by atoms with van der Waals surface area (Å²) in [6, 6.07) is 0. The van der Waals surface area contributed by atoms with Crippen molar-refractivity contribution >= 4 is 17.3 Å². The zero-order valence-corrected chi connectivity index (χ0v) is 16.8. The number of morpholine rings is 1. The van der Waals surface area contributed by atoms with Gasteiger partial charge in [0, 0.05) is 26.1 Å². The van der Waals surface area contributed by atoms with Crippen molar-refractivity contribution in [2.45, 2.75) is 32.1 Å². The van der Waals surface area contributed by atoms with E-state index in [1.165, 1.54) is 6.54 Å². The molecule has 0 radical (unpaired) electrons. The van der Waals surface area contributed by atoms with Gasteiger partial charge in [-0.25, -0.2) is 0 Å². The van der Waals surface area contributed by atoms with E-state index in [1.54, 1.807) is 0 Å². The van der Waals surface area contributed by atoms with Crippen LogP contribution >= 0.6 is 12.2 Å². The summed E-state index contributed by atoms with van der Waals surface area (Å²) < 4.78 is 6.53. The Morgan fingerprint density at radius 3 is 2.27 bits per heavy atom. The number of halogens is 1. The van der Waals surface area contributed by atoms with Crippen molar-refractivity contribution in [3.63, 3.8) is 0 Å². The first kappa shape index (κ1) is 22.3. The summed E-state index contributed by atoms with van der Waals surface area (Å²) in [5, 5.41) is 16.0. The van der Waals surface area contributed by atoms with Crippen LogP contribution in [0.15, 0.2) is 0 Å². The number of quaternary nitrogens is 1. The van der Waals surface area contributed by atoms with Crippen LogP contribution in [0.2, 0.25) is 0 Å². The van der Waals surface area contributed by atoms with Crippen molar-refractivity contribution < 1.29 is 38.3 Å². The maximum atomic E-state index is 8.69. The Morgan fingerprint density at radius 2 is 1.64 bits per heavy atom. The maximum absolute atomic E-state index is 8.69. The summed E-state index contributed by atoms with van der Waals surface area (Å²) in [6.45, 7) is 7.36. The standard InChI is InChI=1S/C15H31N3O2S.HI/c1-18(10-13-20-14-11-18)9-6-8-17-15(21)16-7-4-2-3-5-12-19;/h19H,2-14H2,1H3,(H-,16,17,21);1H. The molecule has 3 N–H and O–H groups in total. The number of aliphatic hydroxyl groups is 1. The van der Waals surface area contributed by atoms with Crippen LogP contribution in [0.3, 0.4) is 0 Å². The van der Waals surface area contributed by atoms with Crippen molar-refractivity contribution in [2.75, 3.05) is 59.6 Å². The van der Waals surface area contributed by atoms with Crippen LogP contribution in [0.25, 0.3) is 0 Å². The fourth-order valence-electron chi connectivity index (χ4n) is 2.52. The summed E-state index contributed by atoms with van der Waals surface area (Å²) in [7, 11) is 2.31. The first-order chi connectivity index (χ1) is 10.2. The largest absolute Gasteiger partial charge is 1.00 e. The predicted octanol–water partition coefficient (Wildman–Crippen LogP) is -2.13. The highest BCUT2D eigenvalue weighted by Gasteiger charge is 2.24. The molecule has 0 amide bonds. The van der Waals surface area contributed by atoms with Gasteiger partial charge in [0.15, 0.2) is 5.11 Å². The van der Waals surface area contributed by atoms with E-state index in [4.69, 9.17) is 22.1 Å².